The molecule has 98 valence electrons. The van der Waals surface area contributed by atoms with Gasteiger partial charge in [0.2, 0.25) is 0 Å². The van der Waals surface area contributed by atoms with E-state index in [0.717, 1.165) is 0 Å². The van der Waals surface area contributed by atoms with Gasteiger partial charge in [-0.25, -0.2) is 0 Å². The Morgan fingerprint density at radius 1 is 1.06 bits per heavy atom. The maximum atomic E-state index is 9.95. The maximum absolute atomic E-state index is 9.95. The van der Waals surface area contributed by atoms with E-state index in [0.29, 0.717) is 0 Å². The van der Waals surface area contributed by atoms with Gasteiger partial charge in [0.25, 0.3) is 0 Å². The van der Waals surface area contributed by atoms with Crippen LogP contribution in [0.15, 0.2) is 0 Å². The second-order valence-corrected chi connectivity index (χ2v) is 3.34. The first-order valence-electron chi connectivity index (χ1n) is 5.35. The van der Waals surface area contributed by atoms with Gasteiger partial charge in [-0.2, -0.15) is 0 Å². The molecule has 0 aliphatic carbocycles. The van der Waals surface area contributed by atoms with Crippen LogP contribution in [0.25, 0.3) is 0 Å². The Morgan fingerprint density at radius 3 is 1.78 bits per heavy atom. The van der Waals surface area contributed by atoms with E-state index >= 15 is 0 Å². The van der Waals surface area contributed by atoms with Crippen LogP contribution < -0.4 is 0 Å². The zero-order chi connectivity index (χ0) is 14.4. The summed E-state index contributed by atoms with van der Waals surface area (Å²) in [6.45, 7) is 4.99. The summed E-state index contributed by atoms with van der Waals surface area (Å²) in [5.74, 6) is 14.5. The van der Waals surface area contributed by atoms with Crippen LogP contribution in [0.2, 0.25) is 0 Å². The number of aliphatic hydroxyl groups excluding tert-OH is 2. The minimum Gasteiger partial charge on any atom is -0.481 e. The summed E-state index contributed by atoms with van der Waals surface area (Å²) in [5.41, 5.74) is 0. The van der Waals surface area contributed by atoms with Gasteiger partial charge in [-0.3, -0.25) is 4.79 Å². The fourth-order valence-electron chi connectivity index (χ4n) is 0.866. The van der Waals surface area contributed by atoms with E-state index in [1.165, 1.54) is 6.92 Å². The lowest BCUT2D eigenvalue weighted by Crippen LogP contribution is -2.18. The fourth-order valence-corrected chi connectivity index (χ4v) is 0.866. The zero-order valence-corrected chi connectivity index (χ0v) is 10.8. The van der Waals surface area contributed by atoms with Crippen LogP contribution in [0, 0.1) is 35.5 Å². The van der Waals surface area contributed by atoms with Gasteiger partial charge in [0, 0.05) is 0 Å². The summed E-state index contributed by atoms with van der Waals surface area (Å²) in [4.78, 5) is 9.95. The molecule has 0 saturated heterocycles. The van der Waals surface area contributed by atoms with Crippen molar-refractivity contribution >= 4 is 5.97 Å². The molecular weight excluding hydrogens is 232 g/mol. The van der Waals surface area contributed by atoms with Crippen LogP contribution in [0.4, 0.5) is 0 Å². The van der Waals surface area contributed by atoms with Gasteiger partial charge in [0.05, 0.1) is 18.6 Å². The highest BCUT2D eigenvalue weighted by Crippen LogP contribution is 2.01. The quantitative estimate of drug-likeness (QED) is 0.639. The summed E-state index contributed by atoms with van der Waals surface area (Å²) >= 11 is 0. The highest BCUT2D eigenvalue weighted by Gasteiger charge is 2.11. The number of rotatable bonds is 4. The van der Waals surface area contributed by atoms with E-state index in [2.05, 4.69) is 35.5 Å². The van der Waals surface area contributed by atoms with Gasteiger partial charge < -0.3 is 15.3 Å². The van der Waals surface area contributed by atoms with Gasteiger partial charge in [0.15, 0.2) is 0 Å². The average Bonchev–Trinajstić information content (AvgIpc) is 2.23. The second kappa shape index (κ2) is 13.1. The first-order chi connectivity index (χ1) is 8.43. The monoisotopic (exact) mass is 250 g/mol. The van der Waals surface area contributed by atoms with E-state index in [1.807, 2.05) is 0 Å². The molecule has 0 aliphatic heterocycles. The molecule has 0 aromatic carbocycles. The molecule has 2 atom stereocenters. The van der Waals surface area contributed by atoms with E-state index in [9.17, 15) is 4.79 Å². The molecule has 0 amide bonds. The average molecular weight is 250 g/mol. The molecule has 4 nitrogen and oxygen atoms in total. The first-order valence-corrected chi connectivity index (χ1v) is 5.35. The van der Waals surface area contributed by atoms with E-state index < -0.39 is 18.2 Å². The van der Waals surface area contributed by atoms with Crippen LogP contribution in [0.1, 0.15) is 33.6 Å². The Morgan fingerprint density at radius 2 is 1.50 bits per heavy atom. The van der Waals surface area contributed by atoms with E-state index in [4.69, 9.17) is 15.3 Å². The van der Waals surface area contributed by atoms with Crippen LogP contribution in [0.5, 0.6) is 0 Å². The van der Waals surface area contributed by atoms with Crippen molar-refractivity contribution < 1.29 is 20.1 Å². The van der Waals surface area contributed by atoms with Crippen molar-refractivity contribution in [2.75, 3.05) is 0 Å². The molecule has 2 unspecified atom stereocenters. The molecule has 3 N–H and O–H groups in total. The highest BCUT2D eigenvalue weighted by atomic mass is 16.4. The summed E-state index contributed by atoms with van der Waals surface area (Å²) in [5, 5.41) is 25.7. The highest BCUT2D eigenvalue weighted by molar-refractivity contribution is 5.67. The van der Waals surface area contributed by atoms with Gasteiger partial charge >= 0.3 is 5.97 Å². The van der Waals surface area contributed by atoms with Crippen LogP contribution in [-0.4, -0.2) is 33.5 Å². The molecule has 0 heterocycles. The van der Waals surface area contributed by atoms with Crippen molar-refractivity contribution in [1.82, 2.24) is 0 Å². The van der Waals surface area contributed by atoms with E-state index in [-0.39, 0.29) is 12.8 Å². The summed E-state index contributed by atoms with van der Waals surface area (Å²) < 4.78 is 0. The van der Waals surface area contributed by atoms with Crippen molar-refractivity contribution in [2.45, 2.75) is 45.8 Å². The lowest BCUT2D eigenvalue weighted by atomic mass is 10.1. The molecule has 0 aromatic heterocycles. The predicted molar refractivity (Wildman–Crippen MR) is 69.2 cm³/mol. The Balaban J connectivity index is 0. The first kappa shape index (κ1) is 18.4. The number of aliphatic carboxylic acids is 1. The number of carboxylic acid groups (broad SMARTS) is 1. The summed E-state index contributed by atoms with van der Waals surface area (Å²) in [6.07, 6.45) is -1.76. The smallest absolute Gasteiger partial charge is 0.305 e. The van der Waals surface area contributed by atoms with Gasteiger partial charge in [-0.05, 0) is 50.9 Å². The van der Waals surface area contributed by atoms with Gasteiger partial charge in [-0.15, -0.1) is 0 Å². The minimum absolute atomic E-state index is 0.117. The molecule has 0 spiro atoms. The van der Waals surface area contributed by atoms with Crippen molar-refractivity contribution in [3.8, 4) is 35.5 Å². The Labute approximate surface area is 108 Å². The fraction of sp³-hybridized carbons (Fsp3) is 0.500. The number of carboxylic acids is 1. The Hall–Kier alpha value is -1.93. The lowest BCUT2D eigenvalue weighted by molar-refractivity contribution is -0.139. The van der Waals surface area contributed by atoms with Crippen molar-refractivity contribution in [3.63, 3.8) is 0 Å². The third-order valence-corrected chi connectivity index (χ3v) is 1.46. The molecule has 4 heteroatoms. The molecule has 0 aromatic rings. The molecule has 18 heavy (non-hydrogen) atoms. The molecule has 0 radical (unpaired) electrons. The SMILES string of the molecule is CC#CC#CC#CC.CC(O)CC(O)CC(=O)O. The van der Waals surface area contributed by atoms with Crippen molar-refractivity contribution in [1.29, 1.82) is 0 Å². The molecule has 0 aliphatic rings. The lowest BCUT2D eigenvalue weighted by Gasteiger charge is -2.08. The van der Waals surface area contributed by atoms with E-state index in [1.54, 1.807) is 13.8 Å². The van der Waals surface area contributed by atoms with Gasteiger partial charge in [-0.1, -0.05) is 11.8 Å². The molecule has 0 bridgehead atoms. The van der Waals surface area contributed by atoms with Crippen LogP contribution in [0.3, 0.4) is 0 Å². The van der Waals surface area contributed by atoms with Crippen LogP contribution in [-0.2, 0) is 4.79 Å². The molecule has 0 rings (SSSR count). The number of hydrogen-bond acceptors (Lipinski definition) is 3. The largest absolute Gasteiger partial charge is 0.481 e. The minimum atomic E-state index is -1.05. The molecule has 0 fully saturated rings. The Kier molecular flexibility index (Phi) is 13.5. The number of aliphatic hydroxyl groups is 2. The normalized spacial score (nSPS) is 10.7. The van der Waals surface area contributed by atoms with Crippen molar-refractivity contribution in [3.05, 3.63) is 0 Å². The summed E-state index contributed by atoms with van der Waals surface area (Å²) in [6, 6.07) is 0. The molecule has 0 saturated carbocycles. The van der Waals surface area contributed by atoms with Crippen LogP contribution >= 0.6 is 0 Å². The topological polar surface area (TPSA) is 77.8 Å². The standard InChI is InChI=1S/C8H6.C6H12O4/c1-3-5-7-8-6-4-2;1-4(7)2-5(8)3-6(9)10/h1-2H3;4-5,7-8H,2-3H2,1H3,(H,9,10). The van der Waals surface area contributed by atoms with Crippen molar-refractivity contribution in [2.24, 2.45) is 0 Å². The maximum Gasteiger partial charge on any atom is 0.305 e. The Bertz CT molecular complexity index is 380. The third kappa shape index (κ3) is 19.6. The second-order valence-electron chi connectivity index (χ2n) is 3.34. The number of carbonyl (C=O) groups is 1. The summed E-state index contributed by atoms with van der Waals surface area (Å²) in [7, 11) is 0. The third-order valence-electron chi connectivity index (χ3n) is 1.46. The van der Waals surface area contributed by atoms with Gasteiger partial charge in [0.1, 0.15) is 0 Å². The zero-order valence-electron chi connectivity index (χ0n) is 10.8. The molecular formula is C14H18O4. The number of hydrogen-bond donors (Lipinski definition) is 3. The predicted octanol–water partition coefficient (Wildman–Crippen LogP) is 0.629.